The molecule has 1 aliphatic heterocycles. The van der Waals surface area contributed by atoms with Crippen molar-refractivity contribution in [1.29, 1.82) is 0 Å². The zero-order valence-electron chi connectivity index (χ0n) is 12.8. The van der Waals surface area contributed by atoms with Crippen LogP contribution < -0.4 is 0 Å². The van der Waals surface area contributed by atoms with Crippen LogP contribution in [-0.2, 0) is 17.8 Å². The maximum absolute atomic E-state index is 12.4. The summed E-state index contributed by atoms with van der Waals surface area (Å²) in [4.78, 5) is 22.6. The molecule has 2 aromatic heterocycles. The number of hydrogen-bond acceptors (Lipinski definition) is 3. The minimum Gasteiger partial charge on any atom is -0.340 e. The summed E-state index contributed by atoms with van der Waals surface area (Å²) in [7, 11) is 0. The van der Waals surface area contributed by atoms with Gasteiger partial charge >= 0.3 is 0 Å². The van der Waals surface area contributed by atoms with Crippen LogP contribution in [0.15, 0.2) is 43.2 Å². The average molecular weight is 298 g/mol. The zero-order valence-corrected chi connectivity index (χ0v) is 12.8. The van der Waals surface area contributed by atoms with E-state index < -0.39 is 0 Å². The molecule has 0 spiro atoms. The molecule has 1 fully saturated rings. The van der Waals surface area contributed by atoms with Gasteiger partial charge in [-0.05, 0) is 43.4 Å². The number of aryl methyl sites for hydroxylation is 2. The lowest BCUT2D eigenvalue weighted by Gasteiger charge is -2.25. The number of imidazole rings is 1. The summed E-state index contributed by atoms with van der Waals surface area (Å²) in [6.45, 7) is 1.62. The van der Waals surface area contributed by atoms with Gasteiger partial charge in [0.05, 0.1) is 6.33 Å². The molecule has 0 unspecified atom stereocenters. The molecular weight excluding hydrogens is 276 g/mol. The van der Waals surface area contributed by atoms with Crippen molar-refractivity contribution in [1.82, 2.24) is 19.4 Å². The predicted octanol–water partition coefficient (Wildman–Crippen LogP) is 2.29. The molecule has 0 aliphatic carbocycles. The highest BCUT2D eigenvalue weighted by atomic mass is 16.2. The van der Waals surface area contributed by atoms with Gasteiger partial charge in [-0.3, -0.25) is 9.78 Å². The van der Waals surface area contributed by atoms with E-state index in [1.165, 1.54) is 5.56 Å². The number of carbonyl (C=O) groups is 1. The SMILES string of the molecule is O=C(CCn1ccnc1)N1CCC[C@@H]1CCc1ccncc1. The Kier molecular flexibility index (Phi) is 4.83. The third kappa shape index (κ3) is 3.72. The molecule has 22 heavy (non-hydrogen) atoms. The van der Waals surface area contributed by atoms with Gasteiger partial charge in [0.1, 0.15) is 0 Å². The second-order valence-corrected chi connectivity index (χ2v) is 5.83. The van der Waals surface area contributed by atoms with Crippen molar-refractivity contribution in [2.45, 2.75) is 44.7 Å². The van der Waals surface area contributed by atoms with Crippen LogP contribution in [0, 0.1) is 0 Å². The first-order valence-corrected chi connectivity index (χ1v) is 7.97. The smallest absolute Gasteiger partial charge is 0.224 e. The number of pyridine rings is 1. The van der Waals surface area contributed by atoms with Gasteiger partial charge in [0.15, 0.2) is 0 Å². The molecule has 0 N–H and O–H groups in total. The molecule has 1 amide bonds. The molecule has 0 radical (unpaired) electrons. The van der Waals surface area contributed by atoms with Crippen LogP contribution in [0.2, 0.25) is 0 Å². The highest BCUT2D eigenvalue weighted by Gasteiger charge is 2.27. The third-order valence-corrected chi connectivity index (χ3v) is 4.36. The molecule has 1 aliphatic rings. The Bertz CT molecular complexity index is 582. The van der Waals surface area contributed by atoms with E-state index in [2.05, 4.69) is 27.0 Å². The van der Waals surface area contributed by atoms with Gasteiger partial charge < -0.3 is 9.47 Å². The number of amides is 1. The van der Waals surface area contributed by atoms with E-state index in [1.807, 2.05) is 23.2 Å². The Balaban J connectivity index is 1.50. The van der Waals surface area contributed by atoms with E-state index in [4.69, 9.17) is 0 Å². The summed E-state index contributed by atoms with van der Waals surface area (Å²) in [5.41, 5.74) is 1.30. The maximum Gasteiger partial charge on any atom is 0.224 e. The second kappa shape index (κ2) is 7.20. The fourth-order valence-electron chi connectivity index (χ4n) is 3.13. The Morgan fingerprint density at radius 1 is 1.23 bits per heavy atom. The van der Waals surface area contributed by atoms with Crippen molar-refractivity contribution < 1.29 is 4.79 Å². The fraction of sp³-hybridized carbons (Fsp3) is 0.471. The first kappa shape index (κ1) is 14.8. The molecule has 116 valence electrons. The van der Waals surface area contributed by atoms with Gasteiger partial charge in [-0.15, -0.1) is 0 Å². The number of likely N-dealkylation sites (tertiary alicyclic amines) is 1. The lowest BCUT2D eigenvalue weighted by atomic mass is 10.0. The first-order chi connectivity index (χ1) is 10.8. The highest BCUT2D eigenvalue weighted by Crippen LogP contribution is 2.22. The fourth-order valence-corrected chi connectivity index (χ4v) is 3.13. The quantitative estimate of drug-likeness (QED) is 0.822. The molecule has 3 rings (SSSR count). The lowest BCUT2D eigenvalue weighted by molar-refractivity contribution is -0.132. The minimum absolute atomic E-state index is 0.269. The Morgan fingerprint density at radius 2 is 2.09 bits per heavy atom. The molecule has 1 atom stereocenters. The van der Waals surface area contributed by atoms with E-state index in [9.17, 15) is 4.79 Å². The maximum atomic E-state index is 12.4. The third-order valence-electron chi connectivity index (χ3n) is 4.36. The number of carbonyl (C=O) groups excluding carboxylic acids is 1. The van der Waals surface area contributed by atoms with E-state index >= 15 is 0 Å². The van der Waals surface area contributed by atoms with Crippen LogP contribution in [0.1, 0.15) is 31.2 Å². The molecule has 3 heterocycles. The lowest BCUT2D eigenvalue weighted by Crippen LogP contribution is -2.36. The van der Waals surface area contributed by atoms with E-state index in [1.54, 1.807) is 12.5 Å². The zero-order chi connectivity index (χ0) is 15.2. The summed E-state index contributed by atoms with van der Waals surface area (Å²) in [6.07, 6.45) is 13.9. The summed E-state index contributed by atoms with van der Waals surface area (Å²) < 4.78 is 1.96. The molecular formula is C17H22N4O. The van der Waals surface area contributed by atoms with Gasteiger partial charge in [-0.2, -0.15) is 0 Å². The van der Waals surface area contributed by atoms with Crippen LogP contribution in [0.5, 0.6) is 0 Å². The standard InChI is InChI=1S/C17H22N4O/c22-17(7-12-20-13-10-19-14-20)21-11-1-2-16(21)4-3-15-5-8-18-9-6-15/h5-6,8-10,13-14,16H,1-4,7,11-12H2/t16-/m1/s1. The van der Waals surface area contributed by atoms with Crippen molar-refractivity contribution in [3.8, 4) is 0 Å². The monoisotopic (exact) mass is 298 g/mol. The van der Waals surface area contributed by atoms with E-state index in [0.717, 1.165) is 32.2 Å². The van der Waals surface area contributed by atoms with E-state index in [-0.39, 0.29) is 5.91 Å². The van der Waals surface area contributed by atoms with Gasteiger partial charge in [0.2, 0.25) is 5.91 Å². The number of aromatic nitrogens is 3. The van der Waals surface area contributed by atoms with Gasteiger partial charge in [0.25, 0.3) is 0 Å². The van der Waals surface area contributed by atoms with Crippen LogP contribution in [0.4, 0.5) is 0 Å². The molecule has 5 nitrogen and oxygen atoms in total. The summed E-state index contributed by atoms with van der Waals surface area (Å²) in [6, 6.07) is 4.50. The number of hydrogen-bond donors (Lipinski definition) is 0. The number of nitrogens with zero attached hydrogens (tertiary/aromatic N) is 4. The van der Waals surface area contributed by atoms with Gasteiger partial charge in [-0.25, -0.2) is 4.98 Å². The van der Waals surface area contributed by atoms with Crippen molar-refractivity contribution in [3.63, 3.8) is 0 Å². The highest BCUT2D eigenvalue weighted by molar-refractivity contribution is 5.76. The van der Waals surface area contributed by atoms with Crippen LogP contribution in [0.25, 0.3) is 0 Å². The Hall–Kier alpha value is -2.17. The molecule has 0 bridgehead atoms. The minimum atomic E-state index is 0.269. The van der Waals surface area contributed by atoms with Crippen molar-refractivity contribution in [2.75, 3.05) is 6.54 Å². The summed E-state index contributed by atoms with van der Waals surface area (Å²) >= 11 is 0. The van der Waals surface area contributed by atoms with E-state index in [0.29, 0.717) is 19.0 Å². The first-order valence-electron chi connectivity index (χ1n) is 7.97. The van der Waals surface area contributed by atoms with Crippen molar-refractivity contribution >= 4 is 5.91 Å². The summed E-state index contributed by atoms with van der Waals surface area (Å²) in [5, 5.41) is 0. The van der Waals surface area contributed by atoms with Crippen molar-refractivity contribution in [2.24, 2.45) is 0 Å². The molecule has 1 saturated heterocycles. The molecule has 5 heteroatoms. The van der Waals surface area contributed by atoms with Crippen LogP contribution in [-0.4, -0.2) is 37.9 Å². The topological polar surface area (TPSA) is 51.0 Å². The summed E-state index contributed by atoms with van der Waals surface area (Å²) in [5.74, 6) is 0.269. The Labute approximate surface area is 131 Å². The Morgan fingerprint density at radius 3 is 2.86 bits per heavy atom. The van der Waals surface area contributed by atoms with Gasteiger partial charge in [0, 0.05) is 50.3 Å². The van der Waals surface area contributed by atoms with Crippen LogP contribution in [0.3, 0.4) is 0 Å². The van der Waals surface area contributed by atoms with Crippen molar-refractivity contribution in [3.05, 3.63) is 48.8 Å². The molecule has 2 aromatic rings. The molecule has 0 saturated carbocycles. The normalized spacial score (nSPS) is 17.8. The van der Waals surface area contributed by atoms with Crippen LogP contribution >= 0.6 is 0 Å². The average Bonchev–Trinajstić information content (AvgIpc) is 3.23. The van der Waals surface area contributed by atoms with Gasteiger partial charge in [-0.1, -0.05) is 0 Å². The number of rotatable bonds is 6. The molecule has 0 aromatic carbocycles. The second-order valence-electron chi connectivity index (χ2n) is 5.83. The largest absolute Gasteiger partial charge is 0.340 e. The predicted molar refractivity (Wildman–Crippen MR) is 84.1 cm³/mol.